The summed E-state index contributed by atoms with van der Waals surface area (Å²) in [7, 11) is 1.51. The fraction of sp³-hybridized carbons (Fsp3) is 0.444. The first-order chi connectivity index (χ1) is 17.3. The smallest absolute Gasteiger partial charge is 0.258 e. The van der Waals surface area contributed by atoms with Crippen LogP contribution < -0.4 is 20.1 Å². The zero-order valence-electron chi connectivity index (χ0n) is 21.0. The Morgan fingerprint density at radius 3 is 2.72 bits per heavy atom. The average Bonchev–Trinajstić information content (AvgIpc) is 2.85. The van der Waals surface area contributed by atoms with Crippen molar-refractivity contribution in [2.45, 2.75) is 39.2 Å². The maximum absolute atomic E-state index is 13.4. The Balaban J connectivity index is 1.85. The molecule has 9 heteroatoms. The van der Waals surface area contributed by atoms with Crippen LogP contribution in [0.2, 0.25) is 5.02 Å². The molecule has 0 saturated carbocycles. The molecule has 0 radical (unpaired) electrons. The molecular formula is C27H34ClN3O5. The van der Waals surface area contributed by atoms with Crippen LogP contribution in [0.4, 0.5) is 0 Å². The molecule has 36 heavy (non-hydrogen) atoms. The van der Waals surface area contributed by atoms with Crippen molar-refractivity contribution < 1.29 is 23.9 Å². The van der Waals surface area contributed by atoms with Gasteiger partial charge in [-0.05, 0) is 55.5 Å². The number of ether oxygens (including phenoxy) is 2. The summed E-state index contributed by atoms with van der Waals surface area (Å²) >= 11 is 6.13. The van der Waals surface area contributed by atoms with Gasteiger partial charge in [0.15, 0.2) is 0 Å². The normalized spacial score (nSPS) is 17.7. The molecular weight excluding hydrogens is 482 g/mol. The maximum Gasteiger partial charge on any atom is 0.258 e. The molecule has 8 nitrogen and oxygen atoms in total. The maximum atomic E-state index is 13.4. The van der Waals surface area contributed by atoms with Crippen molar-refractivity contribution in [1.29, 1.82) is 0 Å². The van der Waals surface area contributed by atoms with Crippen molar-refractivity contribution in [2.24, 2.45) is 5.92 Å². The number of methoxy groups -OCH3 is 1. The minimum atomic E-state index is -0.308. The van der Waals surface area contributed by atoms with E-state index in [9.17, 15) is 14.4 Å². The van der Waals surface area contributed by atoms with Crippen LogP contribution in [0.15, 0.2) is 42.5 Å². The lowest BCUT2D eigenvalue weighted by Crippen LogP contribution is -2.46. The van der Waals surface area contributed by atoms with Gasteiger partial charge in [0.2, 0.25) is 5.91 Å². The molecule has 2 aromatic carbocycles. The number of para-hydroxylation sites is 1. The highest BCUT2D eigenvalue weighted by Crippen LogP contribution is 2.24. The van der Waals surface area contributed by atoms with E-state index in [-0.39, 0.29) is 36.9 Å². The van der Waals surface area contributed by atoms with E-state index in [1.165, 1.54) is 12.0 Å². The molecule has 0 aromatic heterocycles. The minimum Gasteiger partial charge on any atom is -0.496 e. The van der Waals surface area contributed by atoms with Gasteiger partial charge in [-0.15, -0.1) is 0 Å². The largest absolute Gasteiger partial charge is 0.496 e. The van der Waals surface area contributed by atoms with Crippen LogP contribution >= 0.6 is 11.6 Å². The van der Waals surface area contributed by atoms with E-state index in [1.807, 2.05) is 0 Å². The van der Waals surface area contributed by atoms with E-state index >= 15 is 0 Å². The number of carbonyl (C=O) groups is 3. The summed E-state index contributed by atoms with van der Waals surface area (Å²) in [5.74, 6) is 0.313. The number of fused-ring (bicyclic) bond motifs is 1. The lowest BCUT2D eigenvalue weighted by Gasteiger charge is -2.26. The summed E-state index contributed by atoms with van der Waals surface area (Å²) in [6.07, 6.45) is 1.89. The Morgan fingerprint density at radius 1 is 1.19 bits per heavy atom. The summed E-state index contributed by atoms with van der Waals surface area (Å²) in [5, 5.41) is 6.35. The molecule has 0 fully saturated rings. The van der Waals surface area contributed by atoms with Gasteiger partial charge in [-0.2, -0.15) is 0 Å². The predicted octanol–water partition coefficient (Wildman–Crippen LogP) is 3.92. The Hall–Kier alpha value is -3.26. The van der Waals surface area contributed by atoms with Gasteiger partial charge in [0, 0.05) is 18.1 Å². The number of hydrogen-bond acceptors (Lipinski definition) is 5. The summed E-state index contributed by atoms with van der Waals surface area (Å²) in [4.78, 5) is 40.8. The van der Waals surface area contributed by atoms with Crippen molar-refractivity contribution in [1.82, 2.24) is 15.5 Å². The third-order valence-electron chi connectivity index (χ3n) is 5.85. The first-order valence-electron chi connectivity index (χ1n) is 12.2. The minimum absolute atomic E-state index is 0.0932. The number of nitrogens with zero attached hydrogens (tertiary/aromatic N) is 1. The molecule has 1 aliphatic heterocycles. The Labute approximate surface area is 217 Å². The zero-order chi connectivity index (χ0) is 26.1. The van der Waals surface area contributed by atoms with E-state index in [0.717, 1.165) is 0 Å². The van der Waals surface area contributed by atoms with Crippen LogP contribution in [-0.2, 0) is 4.79 Å². The van der Waals surface area contributed by atoms with Crippen LogP contribution in [0.25, 0.3) is 0 Å². The standard InChI is InChI=1S/C27H34ClN3O5/c1-18(2)14-20-17-36-24-11-10-19(28)15-22(24)26(33)29-12-6-7-13-31(16-25(32)30-20)27(34)21-8-4-5-9-23(21)35-3/h4-5,8-11,15,18,20H,6-7,12-14,16-17H2,1-3H3,(H,29,33)(H,30,32)/t20-/m0/s1. The second-order valence-corrected chi connectivity index (χ2v) is 9.67. The number of carbonyl (C=O) groups excluding carboxylic acids is 3. The van der Waals surface area contributed by atoms with E-state index < -0.39 is 0 Å². The van der Waals surface area contributed by atoms with E-state index in [2.05, 4.69) is 24.5 Å². The molecule has 1 aliphatic rings. The quantitative estimate of drug-likeness (QED) is 0.643. The van der Waals surface area contributed by atoms with Gasteiger partial charge >= 0.3 is 0 Å². The first kappa shape index (κ1) is 27.3. The molecule has 0 aliphatic carbocycles. The second-order valence-electron chi connectivity index (χ2n) is 9.24. The number of nitrogens with one attached hydrogen (secondary N) is 2. The average molecular weight is 516 g/mol. The van der Waals surface area contributed by atoms with Crippen molar-refractivity contribution in [3.8, 4) is 11.5 Å². The predicted molar refractivity (Wildman–Crippen MR) is 139 cm³/mol. The molecule has 194 valence electrons. The van der Waals surface area contributed by atoms with Gasteiger partial charge in [0.05, 0.1) is 30.8 Å². The fourth-order valence-electron chi connectivity index (χ4n) is 4.15. The summed E-state index contributed by atoms with van der Waals surface area (Å²) in [6.45, 7) is 4.95. The van der Waals surface area contributed by atoms with Crippen molar-refractivity contribution in [3.05, 3.63) is 58.6 Å². The number of hydrogen-bond donors (Lipinski definition) is 2. The van der Waals surface area contributed by atoms with Crippen LogP contribution in [-0.4, -0.2) is 62.0 Å². The second kappa shape index (κ2) is 13.2. The molecule has 2 N–H and O–H groups in total. The van der Waals surface area contributed by atoms with Gasteiger partial charge < -0.3 is 25.0 Å². The van der Waals surface area contributed by atoms with Crippen molar-refractivity contribution >= 4 is 29.3 Å². The number of halogens is 1. The van der Waals surface area contributed by atoms with E-state index in [4.69, 9.17) is 21.1 Å². The topological polar surface area (TPSA) is 97.0 Å². The first-order valence-corrected chi connectivity index (χ1v) is 12.6. The SMILES string of the molecule is COc1ccccc1C(=O)N1CCCCNC(=O)c2cc(Cl)ccc2OC[C@H](CC(C)C)NC(=O)C1. The van der Waals surface area contributed by atoms with Crippen LogP contribution in [0, 0.1) is 5.92 Å². The summed E-state index contributed by atoms with van der Waals surface area (Å²) in [5.41, 5.74) is 0.744. The highest BCUT2D eigenvalue weighted by molar-refractivity contribution is 6.31. The molecule has 3 amide bonds. The lowest BCUT2D eigenvalue weighted by molar-refractivity contribution is -0.122. The summed E-state index contributed by atoms with van der Waals surface area (Å²) < 4.78 is 11.3. The van der Waals surface area contributed by atoms with E-state index in [0.29, 0.717) is 65.9 Å². The third-order valence-corrected chi connectivity index (χ3v) is 6.08. The van der Waals surface area contributed by atoms with Gasteiger partial charge in [-0.25, -0.2) is 0 Å². The number of rotatable bonds is 4. The molecule has 1 heterocycles. The van der Waals surface area contributed by atoms with E-state index in [1.54, 1.807) is 42.5 Å². The monoisotopic (exact) mass is 515 g/mol. The molecule has 0 unspecified atom stereocenters. The van der Waals surface area contributed by atoms with Gasteiger partial charge in [-0.3, -0.25) is 14.4 Å². The summed E-state index contributed by atoms with van der Waals surface area (Å²) in [6, 6.07) is 11.6. The molecule has 2 aromatic rings. The number of benzene rings is 2. The molecule has 3 rings (SSSR count). The fourth-order valence-corrected chi connectivity index (χ4v) is 4.32. The van der Waals surface area contributed by atoms with Crippen LogP contribution in [0.3, 0.4) is 0 Å². The van der Waals surface area contributed by atoms with Gasteiger partial charge in [0.25, 0.3) is 11.8 Å². The molecule has 0 saturated heterocycles. The Kier molecular flexibility index (Phi) is 9.99. The highest BCUT2D eigenvalue weighted by Gasteiger charge is 2.24. The van der Waals surface area contributed by atoms with Crippen molar-refractivity contribution in [3.63, 3.8) is 0 Å². The third kappa shape index (κ3) is 7.62. The van der Waals surface area contributed by atoms with Gasteiger partial charge in [0.1, 0.15) is 18.1 Å². The molecule has 0 bridgehead atoms. The van der Waals surface area contributed by atoms with Crippen LogP contribution in [0.5, 0.6) is 11.5 Å². The van der Waals surface area contributed by atoms with Gasteiger partial charge in [-0.1, -0.05) is 37.6 Å². The van der Waals surface area contributed by atoms with Crippen LogP contribution in [0.1, 0.15) is 53.8 Å². The number of amides is 3. The lowest BCUT2D eigenvalue weighted by atomic mass is 10.0. The molecule has 1 atom stereocenters. The van der Waals surface area contributed by atoms with Crippen molar-refractivity contribution in [2.75, 3.05) is 33.4 Å². The Bertz CT molecular complexity index is 1080. The zero-order valence-corrected chi connectivity index (χ0v) is 21.8. The highest BCUT2D eigenvalue weighted by atomic mass is 35.5. The molecule has 0 spiro atoms. The Morgan fingerprint density at radius 2 is 1.97 bits per heavy atom.